The number of carbonyl (C=O) groups excluding carboxylic acids is 1. The quantitative estimate of drug-likeness (QED) is 0.530. The van der Waals surface area contributed by atoms with Crippen LogP contribution in [0.5, 0.6) is 0 Å². The van der Waals surface area contributed by atoms with Gasteiger partial charge in [-0.15, -0.1) is 0 Å². The molecule has 0 amide bonds. The van der Waals surface area contributed by atoms with Crippen molar-refractivity contribution < 1.29 is 7.86 Å². The van der Waals surface area contributed by atoms with Gasteiger partial charge in [0.1, 0.15) is 0 Å². The number of hydrogen-bond donors (Lipinski definition) is 0. The molecule has 0 aromatic heterocycles. The van der Waals surface area contributed by atoms with Gasteiger partial charge in [-0.05, 0) is 5.92 Å². The van der Waals surface area contributed by atoms with Crippen molar-refractivity contribution in [1.82, 2.24) is 0 Å². The topological polar surface area (TPSA) is 26.3 Å². The smallest absolute Gasteiger partial charge is 0.315 e. The number of rotatable bonds is 3. The van der Waals surface area contributed by atoms with Crippen molar-refractivity contribution in [3.05, 3.63) is 0 Å². The van der Waals surface area contributed by atoms with E-state index in [2.05, 4.69) is 3.07 Å². The number of hydrogen-bond acceptors (Lipinski definition) is 2. The Morgan fingerprint density at radius 1 is 1.40 bits per heavy atom. The highest BCUT2D eigenvalue weighted by Gasteiger charge is 2.41. The second-order valence-corrected chi connectivity index (χ2v) is 6.66. The summed E-state index contributed by atoms with van der Waals surface area (Å²) >= 11 is 19.3. The second-order valence-electron chi connectivity index (χ2n) is 3.85. The summed E-state index contributed by atoms with van der Waals surface area (Å²) in [7, 11) is 0. The summed E-state index contributed by atoms with van der Waals surface area (Å²) in [5.74, 6) is -0.223. The number of alkyl halides is 3. The molecule has 0 aromatic carbocycles. The molecular formula is C9H12Cl3IO2. The van der Waals surface area contributed by atoms with E-state index in [0.29, 0.717) is 5.92 Å². The van der Waals surface area contributed by atoms with Gasteiger partial charge in [0.05, 0.1) is 6.42 Å². The van der Waals surface area contributed by atoms with E-state index < -0.39 is 3.79 Å². The van der Waals surface area contributed by atoms with Crippen LogP contribution >= 0.6 is 57.8 Å². The van der Waals surface area contributed by atoms with Gasteiger partial charge in [-0.2, -0.15) is 0 Å². The Kier molecular flexibility index (Phi) is 5.77. The minimum atomic E-state index is -1.38. The van der Waals surface area contributed by atoms with Crippen LogP contribution in [-0.2, 0) is 7.86 Å². The van der Waals surface area contributed by atoms with Crippen LogP contribution < -0.4 is 0 Å². The zero-order valence-corrected chi connectivity index (χ0v) is 12.4. The summed E-state index contributed by atoms with van der Waals surface area (Å²) in [5.41, 5.74) is 0. The molecule has 0 saturated heterocycles. The highest BCUT2D eigenvalue weighted by molar-refractivity contribution is 14.1. The highest BCUT2D eigenvalue weighted by Crippen LogP contribution is 2.46. The summed E-state index contributed by atoms with van der Waals surface area (Å²) in [5, 5.41) is 0. The van der Waals surface area contributed by atoms with Crippen molar-refractivity contribution in [1.29, 1.82) is 0 Å². The van der Waals surface area contributed by atoms with Crippen molar-refractivity contribution in [2.75, 3.05) is 0 Å². The lowest BCUT2D eigenvalue weighted by Crippen LogP contribution is -2.28. The Bertz CT molecular complexity index is 224. The molecule has 2 nitrogen and oxygen atoms in total. The predicted octanol–water partition coefficient (Wildman–Crippen LogP) is 4.45. The van der Waals surface area contributed by atoms with Crippen LogP contribution in [0, 0.1) is 11.8 Å². The molecule has 0 spiro atoms. The molecule has 15 heavy (non-hydrogen) atoms. The van der Waals surface area contributed by atoms with Crippen LogP contribution in [0.25, 0.3) is 0 Å². The van der Waals surface area contributed by atoms with Crippen LogP contribution in [0.2, 0.25) is 0 Å². The fraction of sp³-hybridized carbons (Fsp3) is 0.889. The Morgan fingerprint density at radius 3 is 2.33 bits per heavy atom. The van der Waals surface area contributed by atoms with Gasteiger partial charge in [0.25, 0.3) is 0 Å². The second kappa shape index (κ2) is 6.12. The van der Waals surface area contributed by atoms with Crippen LogP contribution in [0.3, 0.4) is 0 Å². The molecule has 1 saturated carbocycles. The lowest BCUT2D eigenvalue weighted by Gasteiger charge is -2.28. The van der Waals surface area contributed by atoms with Gasteiger partial charge in [0.2, 0.25) is 0 Å². The third-order valence-corrected chi connectivity index (χ3v) is 4.19. The number of carbonyl (C=O) groups is 1. The molecule has 1 aliphatic carbocycles. The summed E-state index contributed by atoms with van der Waals surface area (Å²) in [6, 6.07) is 0. The summed E-state index contributed by atoms with van der Waals surface area (Å²) < 4.78 is 3.22. The molecule has 0 radical (unpaired) electrons. The van der Waals surface area contributed by atoms with Crippen molar-refractivity contribution in [2.45, 2.75) is 35.9 Å². The van der Waals surface area contributed by atoms with Gasteiger partial charge < -0.3 is 3.07 Å². The average Bonchev–Trinajstić information content (AvgIpc) is 2.64. The lowest BCUT2D eigenvalue weighted by molar-refractivity contribution is -0.132. The van der Waals surface area contributed by atoms with E-state index in [9.17, 15) is 4.79 Å². The van der Waals surface area contributed by atoms with Crippen molar-refractivity contribution >= 4 is 63.8 Å². The predicted molar refractivity (Wildman–Crippen MR) is 70.5 cm³/mol. The van der Waals surface area contributed by atoms with Crippen LogP contribution in [0.1, 0.15) is 32.1 Å². The zero-order valence-electron chi connectivity index (χ0n) is 8.02. The normalized spacial score (nSPS) is 20.3. The maximum atomic E-state index is 11.2. The standard InChI is InChI=1S/C9H12Cl3IO2/c10-9(11,12)7(5-8(14)15-13)6-3-1-2-4-6/h6-7H,1-5H2. The van der Waals surface area contributed by atoms with Gasteiger partial charge in [0.15, 0.2) is 26.8 Å². The van der Waals surface area contributed by atoms with Gasteiger partial charge in [-0.25, -0.2) is 0 Å². The van der Waals surface area contributed by atoms with E-state index in [-0.39, 0.29) is 18.3 Å². The van der Waals surface area contributed by atoms with Gasteiger partial charge >= 0.3 is 5.97 Å². The molecule has 1 atom stereocenters. The monoisotopic (exact) mass is 384 g/mol. The first kappa shape index (κ1) is 14.1. The maximum absolute atomic E-state index is 11.2. The zero-order chi connectivity index (χ0) is 11.5. The molecule has 0 aliphatic heterocycles. The fourth-order valence-corrected chi connectivity index (χ4v) is 3.07. The van der Waals surface area contributed by atoms with E-state index >= 15 is 0 Å². The van der Waals surface area contributed by atoms with Gasteiger partial charge in [0, 0.05) is 5.92 Å². The molecule has 88 valence electrons. The Balaban J connectivity index is 2.64. The van der Waals surface area contributed by atoms with Gasteiger partial charge in [-0.3, -0.25) is 4.79 Å². The minimum Gasteiger partial charge on any atom is -0.394 e. The maximum Gasteiger partial charge on any atom is 0.315 e. The molecule has 0 aromatic rings. The summed E-state index contributed by atoms with van der Waals surface area (Å²) in [4.78, 5) is 11.2. The first-order valence-corrected chi connectivity index (χ1v) is 6.84. The molecule has 1 aliphatic rings. The molecule has 6 heteroatoms. The molecule has 0 heterocycles. The molecule has 1 rings (SSSR count). The van der Waals surface area contributed by atoms with E-state index in [1.54, 1.807) is 23.0 Å². The SMILES string of the molecule is O=C(CC(C1CCCC1)C(Cl)(Cl)Cl)OI. The third-order valence-electron chi connectivity index (χ3n) is 2.86. The van der Waals surface area contributed by atoms with Crippen LogP contribution in [0.4, 0.5) is 0 Å². The molecule has 0 bridgehead atoms. The van der Waals surface area contributed by atoms with Crippen molar-refractivity contribution in [3.8, 4) is 0 Å². The third kappa shape index (κ3) is 4.44. The van der Waals surface area contributed by atoms with Crippen molar-refractivity contribution in [2.24, 2.45) is 11.8 Å². The fourth-order valence-electron chi connectivity index (χ4n) is 2.12. The average molecular weight is 385 g/mol. The molecule has 1 fully saturated rings. The van der Waals surface area contributed by atoms with Crippen LogP contribution in [-0.4, -0.2) is 9.76 Å². The van der Waals surface area contributed by atoms with Crippen molar-refractivity contribution in [3.63, 3.8) is 0 Å². The van der Waals surface area contributed by atoms with E-state index in [4.69, 9.17) is 34.8 Å². The number of halogens is 4. The van der Waals surface area contributed by atoms with Crippen LogP contribution in [0.15, 0.2) is 0 Å². The molecular weight excluding hydrogens is 373 g/mol. The Labute approximate surface area is 119 Å². The highest BCUT2D eigenvalue weighted by atomic mass is 127. The first-order chi connectivity index (χ1) is 6.95. The lowest BCUT2D eigenvalue weighted by atomic mass is 9.89. The molecule has 0 N–H and O–H groups in total. The minimum absolute atomic E-state index is 0.185. The first-order valence-electron chi connectivity index (χ1n) is 4.83. The molecule has 1 unspecified atom stereocenters. The van der Waals surface area contributed by atoms with E-state index in [0.717, 1.165) is 25.7 Å². The Hall–Kier alpha value is 1.07. The summed E-state index contributed by atoms with van der Waals surface area (Å²) in [6.45, 7) is 0. The van der Waals surface area contributed by atoms with E-state index in [1.165, 1.54) is 0 Å². The largest absolute Gasteiger partial charge is 0.394 e. The van der Waals surface area contributed by atoms with E-state index in [1.807, 2.05) is 0 Å². The summed E-state index contributed by atoms with van der Waals surface area (Å²) in [6.07, 6.45) is 4.56. The van der Waals surface area contributed by atoms with Gasteiger partial charge in [-0.1, -0.05) is 60.5 Å². The Morgan fingerprint density at radius 2 is 1.93 bits per heavy atom.